The first-order valence-electron chi connectivity index (χ1n) is 8.68. The van der Waals surface area contributed by atoms with Gasteiger partial charge in [0.05, 0.1) is 10.6 Å². The zero-order valence-corrected chi connectivity index (χ0v) is 17.0. The van der Waals surface area contributed by atoms with Crippen LogP contribution < -0.4 is 0 Å². The third kappa shape index (κ3) is 3.59. The van der Waals surface area contributed by atoms with Gasteiger partial charge in [0.1, 0.15) is 0 Å². The maximum Gasteiger partial charge on any atom is 0.277 e. The first-order valence-corrected chi connectivity index (χ1v) is 11.4. The molecular formula is C18H16N4O2S3. The Bertz CT molecular complexity index is 1050. The summed E-state index contributed by atoms with van der Waals surface area (Å²) in [4.78, 5) is 6.93. The van der Waals surface area contributed by atoms with Gasteiger partial charge in [-0.2, -0.15) is 16.3 Å². The van der Waals surface area contributed by atoms with Gasteiger partial charge in [-0.25, -0.2) is 0 Å². The lowest BCUT2D eigenvalue weighted by Crippen LogP contribution is -2.07. The van der Waals surface area contributed by atoms with Crippen molar-refractivity contribution in [2.24, 2.45) is 5.92 Å². The number of rotatable bonds is 5. The summed E-state index contributed by atoms with van der Waals surface area (Å²) < 4.78 is 11.1. The molecule has 1 aliphatic carbocycles. The van der Waals surface area contributed by atoms with E-state index in [1.807, 2.05) is 16.8 Å². The van der Waals surface area contributed by atoms with E-state index in [0.29, 0.717) is 28.6 Å². The summed E-state index contributed by atoms with van der Waals surface area (Å²) in [7, 11) is 0. The number of hydrogen-bond donors (Lipinski definition) is 0. The lowest BCUT2D eigenvalue weighted by molar-refractivity contribution is 0.391. The smallest absolute Gasteiger partial charge is 0.277 e. The molecule has 4 heterocycles. The first-order chi connectivity index (χ1) is 13.2. The van der Waals surface area contributed by atoms with Crippen LogP contribution in [0, 0.1) is 5.92 Å². The van der Waals surface area contributed by atoms with Gasteiger partial charge in [-0.15, -0.1) is 21.5 Å². The molecule has 0 N–H and O–H groups in total. The molecule has 6 nitrogen and oxygen atoms in total. The standard InChI is InChI=1S/C18H16N4O2S3/c1-10-2-3-13-12(6-10)7-14(27-13)17-20-21-18(23-17)26-9-15-19-16(22-24-15)11-4-5-25-8-11/h4-5,7-8,10H,2-3,6,9H2,1H3/t10-/m0/s1. The van der Waals surface area contributed by atoms with E-state index in [2.05, 4.69) is 33.3 Å². The molecule has 0 aromatic carbocycles. The van der Waals surface area contributed by atoms with Crippen molar-refractivity contribution in [2.45, 2.75) is 37.2 Å². The molecule has 9 heteroatoms. The van der Waals surface area contributed by atoms with Gasteiger partial charge in [-0.05, 0) is 48.3 Å². The molecule has 0 spiro atoms. The monoisotopic (exact) mass is 416 g/mol. The number of thiophene rings is 2. The lowest BCUT2D eigenvalue weighted by atomic mass is 9.90. The van der Waals surface area contributed by atoms with E-state index in [-0.39, 0.29) is 0 Å². The van der Waals surface area contributed by atoms with Gasteiger partial charge in [0, 0.05) is 15.8 Å². The maximum atomic E-state index is 5.84. The van der Waals surface area contributed by atoms with Gasteiger partial charge in [-0.1, -0.05) is 23.8 Å². The molecule has 0 bridgehead atoms. The molecule has 4 aromatic heterocycles. The molecule has 138 valence electrons. The van der Waals surface area contributed by atoms with Crippen molar-refractivity contribution in [2.75, 3.05) is 0 Å². The highest BCUT2D eigenvalue weighted by Gasteiger charge is 2.21. The van der Waals surface area contributed by atoms with Crippen LogP contribution in [0.2, 0.25) is 0 Å². The Balaban J connectivity index is 1.26. The maximum absolute atomic E-state index is 5.84. The minimum atomic E-state index is 0.497. The number of hydrogen-bond acceptors (Lipinski definition) is 9. The molecule has 0 aliphatic heterocycles. The van der Waals surface area contributed by atoms with Crippen LogP contribution in [0.1, 0.15) is 29.7 Å². The van der Waals surface area contributed by atoms with Gasteiger partial charge in [0.2, 0.25) is 11.7 Å². The van der Waals surface area contributed by atoms with Crippen LogP contribution in [-0.2, 0) is 18.6 Å². The first kappa shape index (κ1) is 17.2. The Morgan fingerprint density at radius 1 is 1.33 bits per heavy atom. The average molecular weight is 417 g/mol. The van der Waals surface area contributed by atoms with E-state index in [1.54, 1.807) is 22.7 Å². The topological polar surface area (TPSA) is 77.8 Å². The van der Waals surface area contributed by atoms with Gasteiger partial charge < -0.3 is 8.94 Å². The summed E-state index contributed by atoms with van der Waals surface area (Å²) in [6, 6.07) is 4.18. The summed E-state index contributed by atoms with van der Waals surface area (Å²) in [5.41, 5.74) is 2.41. The highest BCUT2D eigenvalue weighted by atomic mass is 32.2. The van der Waals surface area contributed by atoms with Gasteiger partial charge >= 0.3 is 0 Å². The summed E-state index contributed by atoms with van der Waals surface area (Å²) in [5, 5.41) is 16.9. The predicted octanol–water partition coefficient (Wildman–Crippen LogP) is 5.33. The van der Waals surface area contributed by atoms with Crippen molar-refractivity contribution < 1.29 is 8.94 Å². The Kier molecular flexibility index (Phi) is 4.58. The van der Waals surface area contributed by atoms with Crippen LogP contribution in [0.15, 0.2) is 37.1 Å². The molecule has 0 unspecified atom stereocenters. The Hall–Kier alpha value is -1.97. The van der Waals surface area contributed by atoms with E-state index < -0.39 is 0 Å². The summed E-state index contributed by atoms with van der Waals surface area (Å²) >= 11 is 4.79. The Morgan fingerprint density at radius 3 is 3.19 bits per heavy atom. The number of fused-ring (bicyclic) bond motifs is 1. The fraction of sp³-hybridized carbons (Fsp3) is 0.333. The Morgan fingerprint density at radius 2 is 2.30 bits per heavy atom. The molecule has 4 aromatic rings. The van der Waals surface area contributed by atoms with Gasteiger partial charge in [0.15, 0.2) is 0 Å². The second-order valence-corrected chi connectivity index (χ2v) is 9.44. The molecule has 0 amide bonds. The van der Waals surface area contributed by atoms with Crippen molar-refractivity contribution in [3.63, 3.8) is 0 Å². The zero-order chi connectivity index (χ0) is 18.2. The summed E-state index contributed by atoms with van der Waals surface area (Å²) in [6.07, 6.45) is 3.56. The molecular weight excluding hydrogens is 400 g/mol. The molecule has 0 fully saturated rings. The highest BCUT2D eigenvalue weighted by molar-refractivity contribution is 7.98. The van der Waals surface area contributed by atoms with E-state index in [0.717, 1.165) is 29.2 Å². The predicted molar refractivity (Wildman–Crippen MR) is 106 cm³/mol. The molecule has 0 radical (unpaired) electrons. The summed E-state index contributed by atoms with van der Waals surface area (Å²) in [6.45, 7) is 2.31. The highest BCUT2D eigenvalue weighted by Crippen LogP contribution is 2.37. The molecule has 0 saturated carbocycles. The molecule has 5 rings (SSSR count). The second-order valence-electron chi connectivity index (χ2n) is 6.59. The fourth-order valence-corrected chi connectivity index (χ4v) is 5.49. The largest absolute Gasteiger partial charge is 0.410 e. The van der Waals surface area contributed by atoms with Crippen molar-refractivity contribution in [1.82, 2.24) is 20.3 Å². The van der Waals surface area contributed by atoms with E-state index in [4.69, 9.17) is 8.94 Å². The number of nitrogens with zero attached hydrogens (tertiary/aromatic N) is 4. The van der Waals surface area contributed by atoms with Gasteiger partial charge in [-0.3, -0.25) is 0 Å². The van der Waals surface area contributed by atoms with Crippen molar-refractivity contribution in [3.8, 4) is 22.2 Å². The summed E-state index contributed by atoms with van der Waals surface area (Å²) in [5.74, 6) is 2.99. The number of thioether (sulfide) groups is 1. The molecule has 1 aliphatic rings. The normalized spacial score (nSPS) is 16.6. The van der Waals surface area contributed by atoms with Crippen LogP contribution in [0.4, 0.5) is 0 Å². The average Bonchev–Trinajstić information content (AvgIpc) is 3.45. The molecule has 1 atom stereocenters. The van der Waals surface area contributed by atoms with E-state index in [9.17, 15) is 0 Å². The van der Waals surface area contributed by atoms with Crippen LogP contribution in [-0.4, -0.2) is 20.3 Å². The second kappa shape index (κ2) is 7.21. The van der Waals surface area contributed by atoms with Crippen LogP contribution in [0.3, 0.4) is 0 Å². The molecule has 27 heavy (non-hydrogen) atoms. The fourth-order valence-electron chi connectivity index (χ4n) is 3.12. The minimum Gasteiger partial charge on any atom is -0.410 e. The van der Waals surface area contributed by atoms with Crippen LogP contribution in [0.5, 0.6) is 0 Å². The Labute approximate surface area is 168 Å². The van der Waals surface area contributed by atoms with E-state index in [1.165, 1.54) is 28.6 Å². The van der Waals surface area contributed by atoms with Gasteiger partial charge in [0.25, 0.3) is 11.1 Å². The SMILES string of the molecule is C[C@H]1CCc2sc(-c3nnc(SCc4nc(-c5ccsc5)no4)o3)cc2C1. The van der Waals surface area contributed by atoms with Crippen molar-refractivity contribution in [3.05, 3.63) is 39.2 Å². The van der Waals surface area contributed by atoms with E-state index >= 15 is 0 Å². The zero-order valence-electron chi connectivity index (χ0n) is 14.5. The number of aromatic nitrogens is 4. The number of aryl methyl sites for hydroxylation is 1. The van der Waals surface area contributed by atoms with Crippen LogP contribution in [0.25, 0.3) is 22.2 Å². The van der Waals surface area contributed by atoms with Crippen molar-refractivity contribution in [1.29, 1.82) is 0 Å². The van der Waals surface area contributed by atoms with Crippen molar-refractivity contribution >= 4 is 34.4 Å². The lowest BCUT2D eigenvalue weighted by Gasteiger charge is -2.16. The van der Waals surface area contributed by atoms with Crippen LogP contribution >= 0.6 is 34.4 Å². The quantitative estimate of drug-likeness (QED) is 0.407. The third-order valence-corrected chi connectivity index (χ3v) is 7.22. The minimum absolute atomic E-state index is 0.497. The molecule has 0 saturated heterocycles. The third-order valence-electron chi connectivity index (χ3n) is 4.51.